The van der Waals surface area contributed by atoms with Gasteiger partial charge in [-0.2, -0.15) is 0 Å². The highest BCUT2D eigenvalue weighted by Gasteiger charge is 2.10. The highest BCUT2D eigenvalue weighted by atomic mass is 32.1. The van der Waals surface area contributed by atoms with Crippen LogP contribution >= 0.6 is 11.3 Å². The van der Waals surface area contributed by atoms with Gasteiger partial charge in [-0.15, -0.1) is 11.3 Å². The van der Waals surface area contributed by atoms with Crippen molar-refractivity contribution in [1.29, 1.82) is 0 Å². The van der Waals surface area contributed by atoms with E-state index in [1.807, 2.05) is 0 Å². The summed E-state index contributed by atoms with van der Waals surface area (Å²) in [5.74, 6) is 1.01. The molecule has 102 valence electrons. The number of hydrogen-bond acceptors (Lipinski definition) is 5. The van der Waals surface area contributed by atoms with Crippen molar-refractivity contribution in [3.63, 3.8) is 0 Å². The molecule has 0 saturated carbocycles. The van der Waals surface area contributed by atoms with Crippen LogP contribution in [0.15, 0.2) is 29.9 Å². The Kier molecular flexibility index (Phi) is 3.56. The van der Waals surface area contributed by atoms with Gasteiger partial charge in [-0.3, -0.25) is 4.98 Å². The van der Waals surface area contributed by atoms with Gasteiger partial charge in [-0.1, -0.05) is 6.92 Å². The van der Waals surface area contributed by atoms with E-state index in [0.29, 0.717) is 11.3 Å². The summed E-state index contributed by atoms with van der Waals surface area (Å²) in [6.45, 7) is 2.89. The third kappa shape index (κ3) is 2.46. The van der Waals surface area contributed by atoms with E-state index in [2.05, 4.69) is 27.2 Å². The summed E-state index contributed by atoms with van der Waals surface area (Å²) in [5.41, 5.74) is 2.33. The molecule has 0 aliphatic rings. The van der Waals surface area contributed by atoms with Crippen molar-refractivity contribution in [2.24, 2.45) is 0 Å². The first kappa shape index (κ1) is 12.9. The molecule has 6 heteroatoms. The Morgan fingerprint density at radius 2 is 2.20 bits per heavy atom. The maximum atomic E-state index is 13.4. The molecule has 2 heterocycles. The number of rotatable bonds is 4. The average molecular weight is 288 g/mol. The van der Waals surface area contributed by atoms with Crippen molar-refractivity contribution >= 4 is 28.1 Å². The van der Waals surface area contributed by atoms with Crippen LogP contribution in [0.3, 0.4) is 0 Å². The zero-order chi connectivity index (χ0) is 13.9. The first-order valence-electron chi connectivity index (χ1n) is 6.38. The highest BCUT2D eigenvalue weighted by Crippen LogP contribution is 2.27. The fourth-order valence-corrected chi connectivity index (χ4v) is 2.47. The van der Waals surface area contributed by atoms with E-state index in [-0.39, 0.29) is 5.82 Å². The molecule has 0 radical (unpaired) electrons. The molecule has 2 aromatic heterocycles. The standard InChI is InChI=1S/C14H13FN4S/c1-2-5-17-13-10-4-3-9(15)6-11(10)18-14(19-13)12-7-16-8-20-12/h3-4,6-8H,2,5H2,1H3,(H,17,18,19). The molecule has 0 spiro atoms. The predicted molar refractivity (Wildman–Crippen MR) is 79.4 cm³/mol. The van der Waals surface area contributed by atoms with Crippen LogP contribution in [0.5, 0.6) is 0 Å². The number of halogens is 1. The van der Waals surface area contributed by atoms with Gasteiger partial charge in [0, 0.05) is 24.2 Å². The van der Waals surface area contributed by atoms with Crippen LogP contribution in [-0.2, 0) is 0 Å². The molecule has 0 bridgehead atoms. The summed E-state index contributed by atoms with van der Waals surface area (Å²) >= 11 is 1.46. The first-order chi connectivity index (χ1) is 9.78. The molecule has 1 aromatic carbocycles. The van der Waals surface area contributed by atoms with Crippen LogP contribution in [0.25, 0.3) is 21.6 Å². The average Bonchev–Trinajstić information content (AvgIpc) is 2.98. The summed E-state index contributed by atoms with van der Waals surface area (Å²) in [6.07, 6.45) is 2.71. The van der Waals surface area contributed by atoms with Crippen LogP contribution in [0, 0.1) is 5.82 Å². The fourth-order valence-electron chi connectivity index (χ4n) is 1.92. The van der Waals surface area contributed by atoms with Crippen molar-refractivity contribution in [3.8, 4) is 10.7 Å². The molecule has 0 fully saturated rings. The Morgan fingerprint density at radius 3 is 2.95 bits per heavy atom. The van der Waals surface area contributed by atoms with Gasteiger partial charge in [-0.25, -0.2) is 14.4 Å². The molecular formula is C14H13FN4S. The lowest BCUT2D eigenvalue weighted by Crippen LogP contribution is -2.04. The molecule has 20 heavy (non-hydrogen) atoms. The molecule has 0 amide bonds. The van der Waals surface area contributed by atoms with Gasteiger partial charge in [0.25, 0.3) is 0 Å². The summed E-state index contributed by atoms with van der Waals surface area (Å²) in [4.78, 5) is 13.9. The first-order valence-corrected chi connectivity index (χ1v) is 7.26. The molecule has 0 unspecified atom stereocenters. The lowest BCUT2D eigenvalue weighted by atomic mass is 10.2. The SMILES string of the molecule is CCCNc1nc(-c2cncs2)nc2cc(F)ccc12. The van der Waals surface area contributed by atoms with Gasteiger partial charge in [0.15, 0.2) is 5.82 Å². The Labute approximate surface area is 119 Å². The van der Waals surface area contributed by atoms with Crippen molar-refractivity contribution in [3.05, 3.63) is 35.7 Å². The van der Waals surface area contributed by atoms with Gasteiger partial charge in [0.1, 0.15) is 11.6 Å². The molecule has 0 atom stereocenters. The van der Waals surface area contributed by atoms with E-state index in [4.69, 9.17) is 0 Å². The zero-order valence-corrected chi connectivity index (χ0v) is 11.7. The minimum absolute atomic E-state index is 0.298. The quantitative estimate of drug-likeness (QED) is 0.795. The smallest absolute Gasteiger partial charge is 0.173 e. The largest absolute Gasteiger partial charge is 0.369 e. The van der Waals surface area contributed by atoms with Crippen molar-refractivity contribution in [1.82, 2.24) is 15.0 Å². The molecule has 1 N–H and O–H groups in total. The summed E-state index contributed by atoms with van der Waals surface area (Å²) in [7, 11) is 0. The molecule has 0 aliphatic carbocycles. The van der Waals surface area contributed by atoms with Gasteiger partial charge >= 0.3 is 0 Å². The summed E-state index contributed by atoms with van der Waals surface area (Å²) < 4.78 is 13.4. The van der Waals surface area contributed by atoms with Crippen LogP contribution in [0.2, 0.25) is 0 Å². The second kappa shape index (κ2) is 5.50. The topological polar surface area (TPSA) is 50.7 Å². The Morgan fingerprint density at radius 1 is 1.30 bits per heavy atom. The van der Waals surface area contributed by atoms with Crippen molar-refractivity contribution < 1.29 is 4.39 Å². The van der Waals surface area contributed by atoms with E-state index in [9.17, 15) is 4.39 Å². The fraction of sp³-hybridized carbons (Fsp3) is 0.214. The number of thiazole rings is 1. The highest BCUT2D eigenvalue weighted by molar-refractivity contribution is 7.13. The number of anilines is 1. The van der Waals surface area contributed by atoms with Crippen LogP contribution in [-0.4, -0.2) is 21.5 Å². The lowest BCUT2D eigenvalue weighted by molar-refractivity contribution is 0.629. The van der Waals surface area contributed by atoms with Gasteiger partial charge in [-0.05, 0) is 18.6 Å². The number of hydrogen-bond donors (Lipinski definition) is 1. The number of aromatic nitrogens is 3. The monoisotopic (exact) mass is 288 g/mol. The molecule has 0 aliphatic heterocycles. The number of nitrogens with zero attached hydrogens (tertiary/aromatic N) is 3. The minimum atomic E-state index is -0.298. The molecular weight excluding hydrogens is 275 g/mol. The summed E-state index contributed by atoms with van der Waals surface area (Å²) in [6, 6.07) is 4.56. The molecule has 0 saturated heterocycles. The van der Waals surface area contributed by atoms with Gasteiger partial charge in [0.2, 0.25) is 0 Å². The summed E-state index contributed by atoms with van der Waals surface area (Å²) in [5, 5.41) is 4.10. The maximum absolute atomic E-state index is 13.4. The zero-order valence-electron chi connectivity index (χ0n) is 10.9. The normalized spacial score (nSPS) is 10.9. The number of benzene rings is 1. The Balaban J connectivity index is 2.17. The van der Waals surface area contributed by atoms with Crippen LogP contribution < -0.4 is 5.32 Å². The molecule has 3 aromatic rings. The molecule has 4 nitrogen and oxygen atoms in total. The van der Waals surface area contributed by atoms with E-state index >= 15 is 0 Å². The second-order valence-corrected chi connectivity index (χ2v) is 5.24. The van der Waals surface area contributed by atoms with E-state index in [1.54, 1.807) is 17.8 Å². The maximum Gasteiger partial charge on any atom is 0.173 e. The van der Waals surface area contributed by atoms with Gasteiger partial charge in [0.05, 0.1) is 15.9 Å². The Hall–Kier alpha value is -2.08. The third-order valence-corrected chi connectivity index (χ3v) is 3.62. The third-order valence-electron chi connectivity index (χ3n) is 2.85. The van der Waals surface area contributed by atoms with E-state index in [1.165, 1.54) is 23.5 Å². The Bertz CT molecular complexity index is 727. The van der Waals surface area contributed by atoms with E-state index in [0.717, 1.165) is 29.0 Å². The lowest BCUT2D eigenvalue weighted by Gasteiger charge is -2.09. The minimum Gasteiger partial charge on any atom is -0.369 e. The second-order valence-electron chi connectivity index (χ2n) is 4.35. The van der Waals surface area contributed by atoms with E-state index < -0.39 is 0 Å². The number of fused-ring (bicyclic) bond motifs is 1. The van der Waals surface area contributed by atoms with Gasteiger partial charge < -0.3 is 5.32 Å². The predicted octanol–water partition coefficient (Wildman–Crippen LogP) is 3.71. The van der Waals surface area contributed by atoms with Crippen LogP contribution in [0.1, 0.15) is 13.3 Å². The number of nitrogens with one attached hydrogen (secondary N) is 1. The van der Waals surface area contributed by atoms with Crippen LogP contribution in [0.4, 0.5) is 10.2 Å². The van der Waals surface area contributed by atoms with Crippen molar-refractivity contribution in [2.45, 2.75) is 13.3 Å². The molecule has 3 rings (SSSR count). The van der Waals surface area contributed by atoms with Crippen molar-refractivity contribution in [2.75, 3.05) is 11.9 Å².